The zero-order valence-corrected chi connectivity index (χ0v) is 15.3. The fraction of sp³-hybridized carbons (Fsp3) is 0.474. The van der Waals surface area contributed by atoms with Gasteiger partial charge in [0, 0.05) is 4.88 Å². The Kier molecular flexibility index (Phi) is 6.42. The third kappa shape index (κ3) is 5.28. The van der Waals surface area contributed by atoms with Crippen LogP contribution < -0.4 is 10.1 Å². The minimum absolute atomic E-state index is 0.0139. The molecule has 1 aliphatic carbocycles. The molecule has 0 saturated carbocycles. The molecule has 25 heavy (non-hydrogen) atoms. The topological polar surface area (TPSA) is 60.5 Å². The van der Waals surface area contributed by atoms with E-state index in [9.17, 15) is 4.79 Å². The molecule has 5 nitrogen and oxygen atoms in total. The fourth-order valence-corrected chi connectivity index (χ4v) is 4.04. The van der Waals surface area contributed by atoms with Gasteiger partial charge in [-0.05, 0) is 37.3 Å². The van der Waals surface area contributed by atoms with Gasteiger partial charge >= 0.3 is 0 Å². The molecule has 1 unspecified atom stereocenters. The molecule has 1 aromatic carbocycles. The van der Waals surface area contributed by atoms with Gasteiger partial charge in [0.25, 0.3) is 5.91 Å². The minimum Gasteiger partial charge on any atom is -0.491 e. The lowest BCUT2D eigenvalue weighted by atomic mass is 9.89. The van der Waals surface area contributed by atoms with Crippen molar-refractivity contribution in [1.29, 1.82) is 0 Å². The van der Waals surface area contributed by atoms with Crippen molar-refractivity contribution >= 4 is 22.4 Å². The summed E-state index contributed by atoms with van der Waals surface area (Å²) in [6, 6.07) is 9.55. The Labute approximate surface area is 152 Å². The molecule has 6 heteroatoms. The third-order valence-corrected chi connectivity index (χ3v) is 5.37. The van der Waals surface area contributed by atoms with Crippen LogP contribution in [0.15, 0.2) is 30.3 Å². The first kappa shape index (κ1) is 17.9. The average Bonchev–Trinajstić information content (AvgIpc) is 3.03. The van der Waals surface area contributed by atoms with Crippen LogP contribution in [0.2, 0.25) is 0 Å². The monoisotopic (exact) mass is 360 g/mol. The Morgan fingerprint density at radius 2 is 2.16 bits per heavy atom. The minimum atomic E-state index is -0.169. The van der Waals surface area contributed by atoms with E-state index in [4.69, 9.17) is 9.47 Å². The quantitative estimate of drug-likeness (QED) is 0.729. The molecule has 1 amide bonds. The number of hydrogen-bond acceptors (Lipinski definition) is 5. The normalized spacial score (nSPS) is 16.3. The molecule has 1 atom stereocenters. The summed E-state index contributed by atoms with van der Waals surface area (Å²) in [7, 11) is 0. The number of aromatic nitrogens is 1. The average molecular weight is 360 g/mol. The van der Waals surface area contributed by atoms with E-state index in [0.717, 1.165) is 30.2 Å². The van der Waals surface area contributed by atoms with Crippen molar-refractivity contribution in [2.24, 2.45) is 5.92 Å². The summed E-state index contributed by atoms with van der Waals surface area (Å²) in [5, 5.41) is 3.53. The van der Waals surface area contributed by atoms with Gasteiger partial charge in [0.15, 0.2) is 5.13 Å². The molecule has 1 aliphatic rings. The van der Waals surface area contributed by atoms with Crippen molar-refractivity contribution in [3.8, 4) is 5.75 Å². The van der Waals surface area contributed by atoms with Gasteiger partial charge in [0.05, 0.1) is 12.3 Å². The third-order valence-electron chi connectivity index (χ3n) is 4.34. The van der Waals surface area contributed by atoms with Crippen molar-refractivity contribution in [3.63, 3.8) is 0 Å². The highest BCUT2D eigenvalue weighted by molar-refractivity contribution is 7.15. The van der Waals surface area contributed by atoms with E-state index < -0.39 is 0 Å². The van der Waals surface area contributed by atoms with Crippen LogP contribution in [0.3, 0.4) is 0 Å². The second-order valence-corrected chi connectivity index (χ2v) is 7.25. The number of nitrogens with zero attached hydrogens (tertiary/aromatic N) is 1. The van der Waals surface area contributed by atoms with Crippen molar-refractivity contribution in [2.75, 3.05) is 25.1 Å². The van der Waals surface area contributed by atoms with Gasteiger partial charge < -0.3 is 9.47 Å². The fourth-order valence-electron chi connectivity index (χ4n) is 2.90. The Balaban J connectivity index is 1.36. The van der Waals surface area contributed by atoms with Gasteiger partial charge in [-0.25, -0.2) is 4.98 Å². The van der Waals surface area contributed by atoms with Crippen LogP contribution in [0.25, 0.3) is 0 Å². The van der Waals surface area contributed by atoms with Gasteiger partial charge in [0.2, 0.25) is 0 Å². The number of benzene rings is 1. The van der Waals surface area contributed by atoms with Gasteiger partial charge in [-0.1, -0.05) is 31.5 Å². The predicted molar refractivity (Wildman–Crippen MR) is 99.3 cm³/mol. The molecular formula is C19H24N2O3S. The Morgan fingerprint density at radius 1 is 1.32 bits per heavy atom. The largest absolute Gasteiger partial charge is 0.491 e. The number of carbonyl (C=O) groups excluding carboxylic acids is 1. The molecule has 0 radical (unpaired) electrons. The van der Waals surface area contributed by atoms with Gasteiger partial charge in [-0.2, -0.15) is 0 Å². The lowest BCUT2D eigenvalue weighted by Crippen LogP contribution is -2.20. The summed E-state index contributed by atoms with van der Waals surface area (Å²) < 4.78 is 10.9. The molecule has 0 fully saturated rings. The second-order valence-electron chi connectivity index (χ2n) is 6.17. The van der Waals surface area contributed by atoms with E-state index >= 15 is 0 Å². The number of thiazole rings is 1. The molecule has 3 rings (SSSR count). The molecule has 2 aromatic rings. The highest BCUT2D eigenvalue weighted by Crippen LogP contribution is 2.33. The van der Waals surface area contributed by atoms with Crippen molar-refractivity contribution in [1.82, 2.24) is 4.98 Å². The maximum absolute atomic E-state index is 12.0. The number of aryl methyl sites for hydroxylation is 1. The van der Waals surface area contributed by atoms with Crippen molar-refractivity contribution in [3.05, 3.63) is 40.9 Å². The summed E-state index contributed by atoms with van der Waals surface area (Å²) in [6.45, 7) is 3.04. The van der Waals surface area contributed by atoms with Gasteiger partial charge in [0.1, 0.15) is 19.0 Å². The van der Waals surface area contributed by atoms with Crippen LogP contribution in [0, 0.1) is 5.92 Å². The van der Waals surface area contributed by atoms with Crippen LogP contribution in [-0.4, -0.2) is 30.7 Å². The first-order valence-corrected chi connectivity index (χ1v) is 9.60. The highest BCUT2D eigenvalue weighted by atomic mass is 32.1. The smallest absolute Gasteiger partial charge is 0.252 e. The Hall–Kier alpha value is -1.92. The Morgan fingerprint density at radius 3 is 2.96 bits per heavy atom. The van der Waals surface area contributed by atoms with Crippen LogP contribution in [-0.2, 0) is 22.4 Å². The van der Waals surface area contributed by atoms with E-state index in [1.165, 1.54) is 17.7 Å². The summed E-state index contributed by atoms with van der Waals surface area (Å²) >= 11 is 1.60. The van der Waals surface area contributed by atoms with Crippen molar-refractivity contribution in [2.45, 2.75) is 32.6 Å². The van der Waals surface area contributed by atoms with Crippen molar-refractivity contribution < 1.29 is 14.3 Å². The van der Waals surface area contributed by atoms with E-state index in [2.05, 4.69) is 17.2 Å². The van der Waals surface area contributed by atoms with E-state index in [1.807, 2.05) is 30.3 Å². The second kappa shape index (κ2) is 8.97. The number of para-hydroxylation sites is 1. The van der Waals surface area contributed by atoms with E-state index in [1.54, 1.807) is 11.3 Å². The maximum Gasteiger partial charge on any atom is 0.252 e. The van der Waals surface area contributed by atoms with Crippen LogP contribution in [0.1, 0.15) is 30.3 Å². The van der Waals surface area contributed by atoms with E-state index in [0.29, 0.717) is 18.3 Å². The van der Waals surface area contributed by atoms with Gasteiger partial charge in [-0.15, -0.1) is 11.3 Å². The summed E-state index contributed by atoms with van der Waals surface area (Å²) in [6.07, 6.45) is 4.52. The molecule has 0 bridgehead atoms. The first-order valence-electron chi connectivity index (χ1n) is 8.78. The molecule has 0 saturated heterocycles. The number of anilines is 1. The predicted octanol–water partition coefficient (Wildman–Crippen LogP) is 3.69. The lowest BCUT2D eigenvalue weighted by molar-refractivity contribution is -0.120. The highest BCUT2D eigenvalue weighted by Gasteiger charge is 2.21. The number of hydrogen-bond donors (Lipinski definition) is 1. The number of amides is 1. The zero-order chi connectivity index (χ0) is 17.5. The SMILES string of the molecule is CCC1CCc2nc(NC(=O)COCCOc3ccccc3)sc2C1. The molecule has 1 aromatic heterocycles. The summed E-state index contributed by atoms with van der Waals surface area (Å²) in [5.41, 5.74) is 1.15. The number of ether oxygens (including phenoxy) is 2. The Bertz CT molecular complexity index is 687. The molecule has 1 N–H and O–H groups in total. The number of carbonyl (C=O) groups is 1. The standard InChI is InChI=1S/C19H24N2O3S/c1-2-14-8-9-16-17(12-14)25-19(20-16)21-18(22)13-23-10-11-24-15-6-4-3-5-7-15/h3-7,14H,2,8-13H2,1H3,(H,20,21,22). The summed E-state index contributed by atoms with van der Waals surface area (Å²) in [5.74, 6) is 1.39. The number of nitrogens with one attached hydrogen (secondary N) is 1. The molecular weight excluding hydrogens is 336 g/mol. The first-order chi connectivity index (χ1) is 12.2. The molecule has 134 valence electrons. The molecule has 0 spiro atoms. The maximum atomic E-state index is 12.0. The van der Waals surface area contributed by atoms with Crippen LogP contribution in [0.5, 0.6) is 5.75 Å². The zero-order valence-electron chi connectivity index (χ0n) is 14.5. The molecule has 1 heterocycles. The molecule has 0 aliphatic heterocycles. The van der Waals surface area contributed by atoms with Gasteiger partial charge in [-0.3, -0.25) is 10.1 Å². The van der Waals surface area contributed by atoms with Crippen LogP contribution in [0.4, 0.5) is 5.13 Å². The van der Waals surface area contributed by atoms with E-state index in [-0.39, 0.29) is 12.5 Å². The number of fused-ring (bicyclic) bond motifs is 1. The summed E-state index contributed by atoms with van der Waals surface area (Å²) in [4.78, 5) is 17.8. The lowest BCUT2D eigenvalue weighted by Gasteiger charge is -2.18. The number of rotatable bonds is 8. The van der Waals surface area contributed by atoms with Crippen LogP contribution >= 0.6 is 11.3 Å².